The molecule has 0 aromatic carbocycles. The lowest BCUT2D eigenvalue weighted by Crippen LogP contribution is -2.32. The smallest absolute Gasteiger partial charge is 0.407 e. The van der Waals surface area contributed by atoms with Crippen molar-refractivity contribution in [2.24, 2.45) is 0 Å². The van der Waals surface area contributed by atoms with E-state index in [9.17, 15) is 9.59 Å². The minimum absolute atomic E-state index is 0.174. The third-order valence-electron chi connectivity index (χ3n) is 3.53. The number of rotatable bonds is 5. The lowest BCUT2D eigenvalue weighted by Gasteiger charge is -2.19. The Labute approximate surface area is 177 Å². The van der Waals surface area contributed by atoms with Crippen LogP contribution in [0.25, 0.3) is 10.6 Å². The molecule has 0 fully saturated rings. The molecule has 0 bridgehead atoms. The van der Waals surface area contributed by atoms with E-state index in [1.807, 2.05) is 12.1 Å². The molecule has 0 aliphatic rings. The second-order valence-corrected chi connectivity index (χ2v) is 8.08. The molecule has 0 saturated carbocycles. The number of ether oxygens (including phenoxy) is 1. The number of hydrogen-bond donors (Lipinski definition) is 3. The van der Waals surface area contributed by atoms with E-state index in [1.165, 1.54) is 11.3 Å². The van der Waals surface area contributed by atoms with Crippen molar-refractivity contribution in [3.8, 4) is 10.6 Å². The van der Waals surface area contributed by atoms with Crippen LogP contribution in [0.15, 0.2) is 48.1 Å². The largest absolute Gasteiger partial charge is 0.444 e. The van der Waals surface area contributed by atoms with E-state index in [1.54, 1.807) is 56.7 Å². The van der Waals surface area contributed by atoms with Gasteiger partial charge in [0.05, 0.1) is 12.2 Å². The zero-order valence-corrected chi connectivity index (χ0v) is 17.6. The number of aromatic nitrogens is 3. The normalized spacial score (nSPS) is 10.9. The second kappa shape index (κ2) is 9.31. The van der Waals surface area contributed by atoms with Crippen LogP contribution in [0, 0.1) is 0 Å². The number of nitrogens with one attached hydrogen (secondary N) is 3. The molecular weight excluding hydrogens is 404 g/mol. The number of anilines is 2. The summed E-state index contributed by atoms with van der Waals surface area (Å²) in [6.07, 6.45) is 2.84. The topological polar surface area (TPSA) is 118 Å². The molecule has 0 aliphatic carbocycles. The third-order valence-corrected chi connectivity index (χ3v) is 4.43. The van der Waals surface area contributed by atoms with Crippen LogP contribution in [0.1, 0.15) is 26.5 Å². The summed E-state index contributed by atoms with van der Waals surface area (Å²) in [5.74, 6) is 0.785. The molecule has 3 rings (SSSR count). The summed E-state index contributed by atoms with van der Waals surface area (Å²) in [6.45, 7) is 5.54. The Hall–Kier alpha value is -3.53. The van der Waals surface area contributed by atoms with Crippen molar-refractivity contribution in [3.63, 3.8) is 0 Å². The van der Waals surface area contributed by atoms with Gasteiger partial charge < -0.3 is 10.1 Å². The third kappa shape index (κ3) is 6.52. The summed E-state index contributed by atoms with van der Waals surface area (Å²) >= 11 is 1.42. The van der Waals surface area contributed by atoms with Gasteiger partial charge in [0, 0.05) is 23.3 Å². The molecule has 3 aromatic heterocycles. The first-order chi connectivity index (χ1) is 14.3. The fourth-order valence-corrected chi connectivity index (χ4v) is 3.10. The first-order valence-electron chi connectivity index (χ1n) is 9.15. The number of pyridine rings is 2. The summed E-state index contributed by atoms with van der Waals surface area (Å²) < 4.78 is 5.19. The molecule has 3 amide bonds. The van der Waals surface area contributed by atoms with Crippen molar-refractivity contribution in [1.82, 2.24) is 20.3 Å². The summed E-state index contributed by atoms with van der Waals surface area (Å²) in [5.41, 5.74) is 0.925. The Morgan fingerprint density at radius 2 is 1.77 bits per heavy atom. The van der Waals surface area contributed by atoms with Crippen LogP contribution in [-0.4, -0.2) is 32.7 Å². The first kappa shape index (κ1) is 21.2. The first-order valence-corrected chi connectivity index (χ1v) is 10.0. The highest BCUT2D eigenvalue weighted by Crippen LogP contribution is 2.25. The molecule has 9 nitrogen and oxygen atoms in total. The lowest BCUT2D eigenvalue weighted by molar-refractivity contribution is 0.0523. The van der Waals surface area contributed by atoms with Crippen molar-refractivity contribution < 1.29 is 14.3 Å². The summed E-state index contributed by atoms with van der Waals surface area (Å²) in [7, 11) is 0. The van der Waals surface area contributed by atoms with Gasteiger partial charge in [-0.2, -0.15) is 0 Å². The van der Waals surface area contributed by atoms with E-state index in [-0.39, 0.29) is 6.54 Å². The Morgan fingerprint density at radius 3 is 2.50 bits per heavy atom. The van der Waals surface area contributed by atoms with E-state index in [2.05, 4.69) is 30.9 Å². The average Bonchev–Trinajstić information content (AvgIpc) is 3.14. The highest BCUT2D eigenvalue weighted by atomic mass is 32.1. The van der Waals surface area contributed by atoms with Gasteiger partial charge in [-0.1, -0.05) is 6.07 Å². The number of thiazole rings is 1. The Morgan fingerprint density at radius 1 is 1.03 bits per heavy atom. The zero-order chi connectivity index (χ0) is 21.6. The number of carbonyl (C=O) groups excluding carboxylic acids is 2. The van der Waals surface area contributed by atoms with Crippen molar-refractivity contribution in [1.29, 1.82) is 0 Å². The molecule has 0 atom stereocenters. The molecule has 0 aliphatic heterocycles. The maximum Gasteiger partial charge on any atom is 0.407 e. The predicted octanol–water partition coefficient (Wildman–Crippen LogP) is 4.27. The van der Waals surface area contributed by atoms with Crippen LogP contribution in [0.2, 0.25) is 0 Å². The van der Waals surface area contributed by atoms with Crippen LogP contribution >= 0.6 is 11.3 Å². The van der Waals surface area contributed by atoms with Gasteiger partial charge in [0.2, 0.25) is 0 Å². The minimum atomic E-state index is -0.577. The average molecular weight is 427 g/mol. The fourth-order valence-electron chi connectivity index (χ4n) is 2.35. The van der Waals surface area contributed by atoms with Gasteiger partial charge in [0.1, 0.15) is 22.2 Å². The van der Waals surface area contributed by atoms with Crippen LogP contribution in [0.5, 0.6) is 0 Å². The number of carbonyl (C=O) groups is 2. The summed E-state index contributed by atoms with van der Waals surface area (Å²) in [5, 5.41) is 10.5. The monoisotopic (exact) mass is 426 g/mol. The summed E-state index contributed by atoms with van der Waals surface area (Å²) in [4.78, 5) is 36.7. The van der Waals surface area contributed by atoms with E-state index in [4.69, 9.17) is 4.74 Å². The van der Waals surface area contributed by atoms with E-state index >= 15 is 0 Å². The minimum Gasteiger partial charge on any atom is -0.444 e. The van der Waals surface area contributed by atoms with Crippen LogP contribution in [-0.2, 0) is 11.3 Å². The van der Waals surface area contributed by atoms with Crippen molar-refractivity contribution in [2.75, 3.05) is 10.6 Å². The van der Waals surface area contributed by atoms with Gasteiger partial charge in [0.25, 0.3) is 0 Å². The highest BCUT2D eigenvalue weighted by Gasteiger charge is 2.16. The van der Waals surface area contributed by atoms with Gasteiger partial charge in [0.15, 0.2) is 0 Å². The molecular formula is C20H22N6O3S. The van der Waals surface area contributed by atoms with Crippen LogP contribution in [0.4, 0.5) is 21.2 Å². The van der Waals surface area contributed by atoms with E-state index < -0.39 is 17.7 Å². The van der Waals surface area contributed by atoms with Gasteiger partial charge in [-0.25, -0.2) is 19.6 Å². The Bertz CT molecular complexity index is 1020. The SMILES string of the molecule is CC(C)(C)OC(=O)NCc1cccc(NC(=O)Nc2csc(-c3ccncc3)n2)n1. The quantitative estimate of drug-likeness (QED) is 0.561. The lowest BCUT2D eigenvalue weighted by atomic mass is 10.2. The van der Waals surface area contributed by atoms with Crippen molar-refractivity contribution in [2.45, 2.75) is 32.9 Å². The summed E-state index contributed by atoms with van der Waals surface area (Å²) in [6, 6.07) is 8.36. The second-order valence-electron chi connectivity index (χ2n) is 7.22. The fraction of sp³-hybridized carbons (Fsp3) is 0.250. The number of nitrogens with zero attached hydrogens (tertiary/aromatic N) is 3. The van der Waals surface area contributed by atoms with E-state index in [0.29, 0.717) is 17.3 Å². The molecule has 0 spiro atoms. The van der Waals surface area contributed by atoms with Crippen molar-refractivity contribution >= 4 is 35.1 Å². The Kier molecular flexibility index (Phi) is 6.58. The Balaban J connectivity index is 1.54. The van der Waals surface area contributed by atoms with Gasteiger partial charge >= 0.3 is 12.1 Å². The van der Waals surface area contributed by atoms with Gasteiger partial charge in [-0.3, -0.25) is 15.6 Å². The molecule has 3 N–H and O–H groups in total. The number of urea groups is 1. The molecule has 156 valence electrons. The van der Waals surface area contributed by atoms with Crippen molar-refractivity contribution in [3.05, 3.63) is 53.8 Å². The molecule has 0 unspecified atom stereocenters. The van der Waals surface area contributed by atoms with Crippen LogP contribution in [0.3, 0.4) is 0 Å². The highest BCUT2D eigenvalue weighted by molar-refractivity contribution is 7.13. The molecule has 0 saturated heterocycles. The molecule has 3 aromatic rings. The maximum absolute atomic E-state index is 12.3. The van der Waals surface area contributed by atoms with Gasteiger partial charge in [-0.05, 0) is 45.0 Å². The van der Waals surface area contributed by atoms with E-state index in [0.717, 1.165) is 10.6 Å². The predicted molar refractivity (Wildman–Crippen MR) is 115 cm³/mol. The number of amides is 3. The zero-order valence-electron chi connectivity index (χ0n) is 16.8. The molecule has 3 heterocycles. The number of hydrogen-bond acceptors (Lipinski definition) is 7. The maximum atomic E-state index is 12.3. The number of alkyl carbamates (subject to hydrolysis) is 1. The standard InChI is InChI=1S/C20H22N6O3S/c1-20(2,3)29-19(28)22-11-14-5-4-6-15(23-14)25-18(27)26-16-12-30-17(24-16)13-7-9-21-10-8-13/h4-10,12H,11H2,1-3H3,(H,22,28)(H2,23,25,26,27). The molecule has 10 heteroatoms. The molecule has 30 heavy (non-hydrogen) atoms. The van der Waals surface area contributed by atoms with Gasteiger partial charge in [-0.15, -0.1) is 11.3 Å². The van der Waals surface area contributed by atoms with Crippen LogP contribution < -0.4 is 16.0 Å². The molecule has 0 radical (unpaired) electrons.